The van der Waals surface area contributed by atoms with Gasteiger partial charge in [0.2, 0.25) is 0 Å². The summed E-state index contributed by atoms with van der Waals surface area (Å²) in [7, 11) is 1.62. The highest BCUT2D eigenvalue weighted by Crippen LogP contribution is 2.29. The summed E-state index contributed by atoms with van der Waals surface area (Å²) in [5, 5.41) is 9.58. The summed E-state index contributed by atoms with van der Waals surface area (Å²) >= 11 is 0. The first-order valence-corrected chi connectivity index (χ1v) is 12.0. The average Bonchev–Trinajstić information content (AvgIpc) is 2.89. The number of piperazine rings is 1. The standard InChI is InChI=1S/C26H34N4O4/c1-3-33-25-19-21(8-11-24(25)32-2)23-5-4-14-30(28-23)26(31)20-6-9-22(10-7-20)34-18-17-29-15-12-27-13-16-29/h6-11,19,27H,3-5,12-18H2,1-2H3. The van der Waals surface area contributed by atoms with Crippen LogP contribution in [-0.4, -0.2) is 81.1 Å². The molecule has 0 aliphatic carbocycles. The van der Waals surface area contributed by atoms with Crippen LogP contribution in [0, 0.1) is 0 Å². The third kappa shape index (κ3) is 6.07. The summed E-state index contributed by atoms with van der Waals surface area (Å²) in [4.78, 5) is 15.5. The van der Waals surface area contributed by atoms with Crippen LogP contribution < -0.4 is 19.5 Å². The Morgan fingerprint density at radius 1 is 1.03 bits per heavy atom. The Hall–Kier alpha value is -3.10. The molecular formula is C26H34N4O4. The van der Waals surface area contributed by atoms with Crippen LogP contribution in [0.1, 0.15) is 35.7 Å². The number of hydrogen-bond donors (Lipinski definition) is 1. The highest BCUT2D eigenvalue weighted by molar-refractivity contribution is 6.03. The van der Waals surface area contributed by atoms with Gasteiger partial charge in [-0.25, -0.2) is 5.01 Å². The molecule has 0 aromatic heterocycles. The molecule has 1 saturated heterocycles. The number of rotatable bonds is 9. The molecule has 1 N–H and O–H groups in total. The molecular weight excluding hydrogens is 432 g/mol. The fourth-order valence-electron chi connectivity index (χ4n) is 4.19. The van der Waals surface area contributed by atoms with Gasteiger partial charge in [0.1, 0.15) is 12.4 Å². The van der Waals surface area contributed by atoms with E-state index < -0.39 is 0 Å². The van der Waals surface area contributed by atoms with E-state index in [1.54, 1.807) is 12.1 Å². The molecule has 34 heavy (non-hydrogen) atoms. The first-order chi connectivity index (χ1) is 16.7. The minimum absolute atomic E-state index is 0.108. The van der Waals surface area contributed by atoms with Crippen molar-refractivity contribution < 1.29 is 19.0 Å². The van der Waals surface area contributed by atoms with Gasteiger partial charge in [-0.15, -0.1) is 0 Å². The summed E-state index contributed by atoms with van der Waals surface area (Å²) in [6, 6.07) is 13.1. The lowest BCUT2D eigenvalue weighted by Crippen LogP contribution is -2.44. The van der Waals surface area contributed by atoms with Crippen molar-refractivity contribution in [1.82, 2.24) is 15.2 Å². The maximum absolute atomic E-state index is 13.1. The zero-order chi connectivity index (χ0) is 23.8. The maximum Gasteiger partial charge on any atom is 0.273 e. The number of carbonyl (C=O) groups excluding carboxylic acids is 1. The number of carbonyl (C=O) groups is 1. The van der Waals surface area contributed by atoms with Crippen molar-refractivity contribution in [3.05, 3.63) is 53.6 Å². The normalized spacial score (nSPS) is 16.6. The lowest BCUT2D eigenvalue weighted by atomic mass is 10.0. The van der Waals surface area contributed by atoms with Crippen molar-refractivity contribution in [2.45, 2.75) is 19.8 Å². The molecule has 4 rings (SSSR count). The summed E-state index contributed by atoms with van der Waals surface area (Å²) in [5.74, 6) is 2.03. The molecule has 0 atom stereocenters. The van der Waals surface area contributed by atoms with Crippen molar-refractivity contribution in [1.29, 1.82) is 0 Å². The van der Waals surface area contributed by atoms with Crippen molar-refractivity contribution >= 4 is 11.6 Å². The molecule has 0 radical (unpaired) electrons. The lowest BCUT2D eigenvalue weighted by Gasteiger charge is -2.27. The lowest BCUT2D eigenvalue weighted by molar-refractivity contribution is 0.0751. The number of amides is 1. The molecule has 2 aliphatic heterocycles. The van der Waals surface area contributed by atoms with E-state index in [-0.39, 0.29) is 5.91 Å². The van der Waals surface area contributed by atoms with Crippen LogP contribution in [0.2, 0.25) is 0 Å². The SMILES string of the molecule is CCOc1cc(C2=NN(C(=O)c3ccc(OCCN4CCNCC4)cc3)CCC2)ccc1OC. The van der Waals surface area contributed by atoms with Crippen LogP contribution in [0.15, 0.2) is 47.6 Å². The minimum atomic E-state index is -0.108. The molecule has 1 fully saturated rings. The largest absolute Gasteiger partial charge is 0.493 e. The number of nitrogens with one attached hydrogen (secondary N) is 1. The van der Waals surface area contributed by atoms with Crippen LogP contribution in [0.5, 0.6) is 17.2 Å². The van der Waals surface area contributed by atoms with Gasteiger partial charge >= 0.3 is 0 Å². The monoisotopic (exact) mass is 466 g/mol. The molecule has 2 heterocycles. The number of benzene rings is 2. The molecule has 182 valence electrons. The minimum Gasteiger partial charge on any atom is -0.493 e. The Morgan fingerprint density at radius 3 is 2.56 bits per heavy atom. The zero-order valence-electron chi connectivity index (χ0n) is 20.1. The Morgan fingerprint density at radius 2 is 1.82 bits per heavy atom. The molecule has 2 aliphatic rings. The summed E-state index contributed by atoms with van der Waals surface area (Å²) in [6.07, 6.45) is 1.66. The third-order valence-corrected chi connectivity index (χ3v) is 6.04. The van der Waals surface area contributed by atoms with Gasteiger partial charge in [0, 0.05) is 50.4 Å². The fourth-order valence-corrected chi connectivity index (χ4v) is 4.19. The van der Waals surface area contributed by atoms with Crippen LogP contribution in [0.25, 0.3) is 0 Å². The van der Waals surface area contributed by atoms with Gasteiger partial charge in [0.15, 0.2) is 11.5 Å². The molecule has 1 amide bonds. The van der Waals surface area contributed by atoms with E-state index in [1.165, 1.54) is 0 Å². The van der Waals surface area contributed by atoms with E-state index in [2.05, 4.69) is 15.3 Å². The maximum atomic E-state index is 13.1. The van der Waals surface area contributed by atoms with Gasteiger partial charge in [-0.2, -0.15) is 5.10 Å². The fraction of sp³-hybridized carbons (Fsp3) is 0.462. The van der Waals surface area contributed by atoms with Crippen LogP contribution in [0.4, 0.5) is 0 Å². The van der Waals surface area contributed by atoms with Crippen LogP contribution in [0.3, 0.4) is 0 Å². The van der Waals surface area contributed by atoms with Crippen molar-refractivity contribution in [2.24, 2.45) is 5.10 Å². The molecule has 0 saturated carbocycles. The van der Waals surface area contributed by atoms with Gasteiger partial charge in [0.25, 0.3) is 5.91 Å². The van der Waals surface area contributed by atoms with Crippen molar-refractivity contribution in [2.75, 3.05) is 59.6 Å². The second-order valence-electron chi connectivity index (χ2n) is 8.34. The number of ether oxygens (including phenoxy) is 3. The smallest absolute Gasteiger partial charge is 0.273 e. The van der Waals surface area contributed by atoms with Crippen LogP contribution >= 0.6 is 0 Å². The Labute approximate surface area is 201 Å². The molecule has 8 nitrogen and oxygen atoms in total. The van der Waals surface area contributed by atoms with Crippen molar-refractivity contribution in [3.8, 4) is 17.2 Å². The third-order valence-electron chi connectivity index (χ3n) is 6.04. The molecule has 2 aromatic carbocycles. The van der Waals surface area contributed by atoms with Gasteiger partial charge in [-0.1, -0.05) is 0 Å². The van der Waals surface area contributed by atoms with E-state index >= 15 is 0 Å². The molecule has 0 spiro atoms. The molecule has 0 unspecified atom stereocenters. The summed E-state index contributed by atoms with van der Waals surface area (Å²) in [6.45, 7) is 8.80. The predicted molar refractivity (Wildman–Crippen MR) is 132 cm³/mol. The Kier molecular flexibility index (Phi) is 8.38. The molecule has 8 heteroatoms. The van der Waals surface area contributed by atoms with Gasteiger partial charge in [0.05, 0.1) is 19.4 Å². The first kappa shape index (κ1) is 24.0. The van der Waals surface area contributed by atoms with Gasteiger partial charge in [-0.3, -0.25) is 9.69 Å². The Bertz CT molecular complexity index is 987. The first-order valence-electron chi connectivity index (χ1n) is 12.0. The summed E-state index contributed by atoms with van der Waals surface area (Å²) < 4.78 is 17.0. The number of methoxy groups -OCH3 is 1. The number of hydrazone groups is 1. The number of nitrogens with zero attached hydrogens (tertiary/aromatic N) is 3. The van der Waals surface area contributed by atoms with E-state index in [4.69, 9.17) is 14.2 Å². The molecule has 0 bridgehead atoms. The highest BCUT2D eigenvalue weighted by atomic mass is 16.5. The highest BCUT2D eigenvalue weighted by Gasteiger charge is 2.21. The summed E-state index contributed by atoms with van der Waals surface area (Å²) in [5.41, 5.74) is 2.41. The zero-order valence-corrected chi connectivity index (χ0v) is 20.1. The van der Waals surface area contributed by atoms with E-state index in [1.807, 2.05) is 49.4 Å². The van der Waals surface area contributed by atoms with E-state index in [0.717, 1.165) is 62.6 Å². The number of hydrogen-bond acceptors (Lipinski definition) is 7. The average molecular weight is 467 g/mol. The quantitative estimate of drug-likeness (QED) is 0.612. The van der Waals surface area contributed by atoms with Crippen molar-refractivity contribution in [3.63, 3.8) is 0 Å². The Balaban J connectivity index is 1.38. The topological polar surface area (TPSA) is 75.6 Å². The molecule has 2 aromatic rings. The van der Waals surface area contributed by atoms with Crippen LogP contribution in [-0.2, 0) is 0 Å². The predicted octanol–water partition coefficient (Wildman–Crippen LogP) is 3.02. The second-order valence-corrected chi connectivity index (χ2v) is 8.34. The van der Waals surface area contributed by atoms with Gasteiger partial charge < -0.3 is 19.5 Å². The van der Waals surface area contributed by atoms with Gasteiger partial charge in [-0.05, 0) is 62.2 Å². The van der Waals surface area contributed by atoms with E-state index in [9.17, 15) is 4.79 Å². The second kappa shape index (κ2) is 11.9. The van der Waals surface area contributed by atoms with E-state index in [0.29, 0.717) is 36.8 Å².